The molecule has 1 aliphatic rings. The lowest BCUT2D eigenvalue weighted by Gasteiger charge is -2.41. The molecular formula is C15H18FNO3. The van der Waals surface area contributed by atoms with E-state index in [1.807, 2.05) is 0 Å². The van der Waals surface area contributed by atoms with Crippen LogP contribution in [0, 0.1) is 12.7 Å². The summed E-state index contributed by atoms with van der Waals surface area (Å²) in [5.74, 6) is -2.16. The molecule has 0 bridgehead atoms. The van der Waals surface area contributed by atoms with Gasteiger partial charge in [0, 0.05) is 6.54 Å². The normalized spacial score (nSPS) is 22.6. The fraction of sp³-hybridized carbons (Fsp3) is 0.467. The first-order valence-electron chi connectivity index (χ1n) is 6.68. The van der Waals surface area contributed by atoms with Crippen LogP contribution in [0.3, 0.4) is 0 Å². The minimum absolute atomic E-state index is 0.0561. The van der Waals surface area contributed by atoms with Crippen molar-refractivity contribution in [2.24, 2.45) is 0 Å². The molecule has 5 heteroatoms. The third-order valence-corrected chi connectivity index (χ3v) is 4.02. The number of aliphatic carboxylic acids is 1. The van der Waals surface area contributed by atoms with Crippen molar-refractivity contribution < 1.29 is 19.1 Å². The van der Waals surface area contributed by atoms with Crippen LogP contribution in [0.15, 0.2) is 18.2 Å². The Hall–Kier alpha value is -1.91. The van der Waals surface area contributed by atoms with Crippen molar-refractivity contribution in [1.82, 2.24) is 4.90 Å². The lowest BCUT2D eigenvalue weighted by molar-refractivity contribution is -0.150. The highest BCUT2D eigenvalue weighted by molar-refractivity contribution is 5.98. The molecule has 1 atom stereocenters. The Bertz CT molecular complexity index is 558. The van der Waals surface area contributed by atoms with Crippen LogP contribution >= 0.6 is 0 Å². The summed E-state index contributed by atoms with van der Waals surface area (Å²) in [5, 5.41) is 9.40. The van der Waals surface area contributed by atoms with Gasteiger partial charge in [0.05, 0.1) is 5.56 Å². The number of piperidine rings is 1. The van der Waals surface area contributed by atoms with Gasteiger partial charge in [-0.2, -0.15) is 0 Å². The number of carboxylic acids is 1. The van der Waals surface area contributed by atoms with Crippen LogP contribution < -0.4 is 0 Å². The van der Waals surface area contributed by atoms with Gasteiger partial charge in [0.2, 0.25) is 0 Å². The molecule has 0 saturated carbocycles. The largest absolute Gasteiger partial charge is 0.480 e. The molecule has 2 rings (SSSR count). The maximum absolute atomic E-state index is 14.1. The quantitative estimate of drug-likeness (QED) is 0.905. The first-order chi connectivity index (χ1) is 9.38. The van der Waals surface area contributed by atoms with E-state index in [0.29, 0.717) is 18.5 Å². The van der Waals surface area contributed by atoms with Crippen LogP contribution in [0.2, 0.25) is 0 Å². The number of hydrogen-bond acceptors (Lipinski definition) is 2. The molecule has 20 heavy (non-hydrogen) atoms. The molecule has 1 heterocycles. The minimum Gasteiger partial charge on any atom is -0.480 e. The standard InChI is InChI=1S/C15H18FNO3/c1-10-6-5-7-11(12(10)16)13(18)17-9-4-3-8-15(17,2)14(19)20/h5-7H,3-4,8-9H2,1-2H3,(H,19,20). The summed E-state index contributed by atoms with van der Waals surface area (Å²) >= 11 is 0. The van der Waals surface area contributed by atoms with Gasteiger partial charge in [-0.1, -0.05) is 12.1 Å². The average molecular weight is 279 g/mol. The third kappa shape index (κ3) is 2.28. The van der Waals surface area contributed by atoms with Gasteiger partial charge >= 0.3 is 5.97 Å². The van der Waals surface area contributed by atoms with E-state index in [1.54, 1.807) is 19.1 Å². The fourth-order valence-corrected chi connectivity index (χ4v) is 2.63. The van der Waals surface area contributed by atoms with Gasteiger partial charge in [0.15, 0.2) is 0 Å². The molecule has 0 spiro atoms. The van der Waals surface area contributed by atoms with Crippen LogP contribution in [0.4, 0.5) is 4.39 Å². The van der Waals surface area contributed by atoms with Gasteiger partial charge in [-0.3, -0.25) is 4.79 Å². The average Bonchev–Trinajstić information content (AvgIpc) is 2.41. The summed E-state index contributed by atoms with van der Waals surface area (Å²) < 4.78 is 14.1. The van der Waals surface area contributed by atoms with E-state index in [0.717, 1.165) is 12.8 Å². The summed E-state index contributed by atoms with van der Waals surface area (Å²) in [6.45, 7) is 3.45. The van der Waals surface area contributed by atoms with E-state index < -0.39 is 23.2 Å². The number of aryl methyl sites for hydroxylation is 1. The predicted octanol–water partition coefficient (Wildman–Crippen LogP) is 2.60. The Labute approximate surface area is 117 Å². The van der Waals surface area contributed by atoms with Gasteiger partial charge in [-0.15, -0.1) is 0 Å². The van der Waals surface area contributed by atoms with Gasteiger partial charge in [0.1, 0.15) is 11.4 Å². The number of carboxylic acid groups (broad SMARTS) is 1. The van der Waals surface area contributed by atoms with E-state index in [-0.39, 0.29) is 5.56 Å². The molecule has 1 aromatic rings. The minimum atomic E-state index is -1.26. The van der Waals surface area contributed by atoms with Crippen molar-refractivity contribution in [3.8, 4) is 0 Å². The van der Waals surface area contributed by atoms with Gasteiger partial charge in [-0.25, -0.2) is 9.18 Å². The molecule has 1 aliphatic heterocycles. The zero-order valence-corrected chi connectivity index (χ0v) is 11.6. The monoisotopic (exact) mass is 279 g/mol. The molecule has 108 valence electrons. The first kappa shape index (κ1) is 14.5. The maximum Gasteiger partial charge on any atom is 0.329 e. The van der Waals surface area contributed by atoms with Gasteiger partial charge in [-0.05, 0) is 44.7 Å². The highest BCUT2D eigenvalue weighted by Crippen LogP contribution is 2.30. The van der Waals surface area contributed by atoms with Crippen molar-refractivity contribution in [3.05, 3.63) is 35.1 Å². The number of amides is 1. The summed E-state index contributed by atoms with van der Waals surface area (Å²) in [6.07, 6.45) is 1.88. The topological polar surface area (TPSA) is 57.6 Å². The number of halogens is 1. The van der Waals surface area contributed by atoms with E-state index in [4.69, 9.17) is 0 Å². The zero-order chi connectivity index (χ0) is 14.9. The van der Waals surface area contributed by atoms with E-state index in [9.17, 15) is 19.1 Å². The number of rotatable bonds is 2. The highest BCUT2D eigenvalue weighted by atomic mass is 19.1. The molecule has 1 saturated heterocycles. The van der Waals surface area contributed by atoms with Crippen LogP contribution in [0.25, 0.3) is 0 Å². The van der Waals surface area contributed by atoms with Crippen molar-refractivity contribution >= 4 is 11.9 Å². The Morgan fingerprint density at radius 3 is 2.70 bits per heavy atom. The summed E-state index contributed by atoms with van der Waals surface area (Å²) in [7, 11) is 0. The Morgan fingerprint density at radius 2 is 2.05 bits per heavy atom. The van der Waals surface area contributed by atoms with Gasteiger partial charge < -0.3 is 10.0 Å². The molecule has 0 aromatic heterocycles. The molecule has 4 nitrogen and oxygen atoms in total. The number of hydrogen-bond donors (Lipinski definition) is 1. The smallest absolute Gasteiger partial charge is 0.329 e. The molecule has 1 amide bonds. The number of likely N-dealkylation sites (tertiary alicyclic amines) is 1. The first-order valence-corrected chi connectivity index (χ1v) is 6.68. The summed E-state index contributed by atoms with van der Waals surface area (Å²) in [4.78, 5) is 25.3. The number of carbonyl (C=O) groups excluding carboxylic acids is 1. The van der Waals surface area contributed by atoms with E-state index >= 15 is 0 Å². The second-order valence-electron chi connectivity index (χ2n) is 5.43. The molecule has 1 N–H and O–H groups in total. The second-order valence-corrected chi connectivity index (χ2v) is 5.43. The van der Waals surface area contributed by atoms with Crippen LogP contribution in [-0.4, -0.2) is 34.0 Å². The highest BCUT2D eigenvalue weighted by Gasteiger charge is 2.44. The molecule has 1 unspecified atom stereocenters. The van der Waals surface area contributed by atoms with Crippen molar-refractivity contribution in [3.63, 3.8) is 0 Å². The van der Waals surface area contributed by atoms with Crippen LogP contribution in [0.5, 0.6) is 0 Å². The number of carbonyl (C=O) groups is 2. The Balaban J connectivity index is 2.40. The Morgan fingerprint density at radius 1 is 1.35 bits per heavy atom. The maximum atomic E-state index is 14.1. The van der Waals surface area contributed by atoms with Gasteiger partial charge in [0.25, 0.3) is 5.91 Å². The lowest BCUT2D eigenvalue weighted by atomic mass is 9.87. The summed E-state index contributed by atoms with van der Waals surface area (Å²) in [6, 6.07) is 4.59. The van der Waals surface area contributed by atoms with E-state index in [1.165, 1.54) is 17.9 Å². The molecule has 0 radical (unpaired) electrons. The number of benzene rings is 1. The third-order valence-electron chi connectivity index (χ3n) is 4.02. The summed E-state index contributed by atoms with van der Waals surface area (Å²) in [5.41, 5.74) is -0.935. The van der Waals surface area contributed by atoms with Crippen molar-refractivity contribution in [1.29, 1.82) is 0 Å². The number of nitrogens with zero attached hydrogens (tertiary/aromatic N) is 1. The van der Waals surface area contributed by atoms with Crippen molar-refractivity contribution in [2.45, 2.75) is 38.6 Å². The molecule has 0 aliphatic carbocycles. The van der Waals surface area contributed by atoms with Crippen LogP contribution in [-0.2, 0) is 4.79 Å². The fourth-order valence-electron chi connectivity index (χ4n) is 2.63. The Kier molecular flexibility index (Phi) is 3.79. The van der Waals surface area contributed by atoms with E-state index in [2.05, 4.69) is 0 Å². The molecule has 1 fully saturated rings. The SMILES string of the molecule is Cc1cccc(C(=O)N2CCCCC2(C)C(=O)O)c1F. The predicted molar refractivity (Wildman–Crippen MR) is 72.1 cm³/mol. The second kappa shape index (κ2) is 5.23. The lowest BCUT2D eigenvalue weighted by Crippen LogP contribution is -2.57. The molecule has 1 aromatic carbocycles. The van der Waals surface area contributed by atoms with Crippen LogP contribution in [0.1, 0.15) is 42.1 Å². The zero-order valence-electron chi connectivity index (χ0n) is 11.6. The molecular weight excluding hydrogens is 261 g/mol. The van der Waals surface area contributed by atoms with Crippen molar-refractivity contribution in [2.75, 3.05) is 6.54 Å².